The molecule has 0 aliphatic rings. The van der Waals surface area contributed by atoms with Gasteiger partial charge in [-0.05, 0) is 34.9 Å². The Morgan fingerprint density at radius 2 is 1.60 bits per heavy atom. The van der Waals surface area contributed by atoms with Gasteiger partial charge in [0.25, 0.3) is 8.80 Å². The van der Waals surface area contributed by atoms with Crippen molar-refractivity contribution in [2.45, 2.75) is 12.5 Å². The van der Waals surface area contributed by atoms with Gasteiger partial charge in [-0.15, -0.1) is 0 Å². The van der Waals surface area contributed by atoms with Crippen LogP contribution < -0.4 is 0 Å². The quantitative estimate of drug-likeness (QED) is 0.580. The fraction of sp³-hybridized carbons (Fsp3) is 1.00. The number of rotatable bonds is 9. The average molecular weight is 237 g/mol. The molecule has 5 nitrogen and oxygen atoms in total. The van der Waals surface area contributed by atoms with Gasteiger partial charge in [-0.1, -0.05) is 12.5 Å². The third-order valence-electron chi connectivity index (χ3n) is 2.44. The van der Waals surface area contributed by atoms with Crippen molar-refractivity contribution in [2.75, 3.05) is 48.1 Å². The molecule has 0 unspecified atom stereocenters. The Hall–Kier alpha value is 0.0169. The third-order valence-corrected chi connectivity index (χ3v) is 5.27. The Morgan fingerprint density at radius 1 is 1.07 bits per heavy atom. The van der Waals surface area contributed by atoms with Crippen LogP contribution in [-0.2, 0) is 13.3 Å². The molecule has 0 aromatic carbocycles. The molecule has 93 valence electrons. The molecule has 0 amide bonds. The predicted molar refractivity (Wildman–Crippen MR) is 60.8 cm³/mol. The molecule has 0 aliphatic heterocycles. The summed E-state index contributed by atoms with van der Waals surface area (Å²) in [6.45, 7) is 1.80. The van der Waals surface area contributed by atoms with Crippen molar-refractivity contribution >= 4 is 8.80 Å². The van der Waals surface area contributed by atoms with Gasteiger partial charge in [0.1, 0.15) is 0 Å². The molecule has 0 heterocycles. The van der Waals surface area contributed by atoms with Crippen LogP contribution in [0.4, 0.5) is 0 Å². The SMILES string of the molecule is CO[Si-](CCCN(C)CCO)(OC)OC. The van der Waals surface area contributed by atoms with E-state index in [0.29, 0.717) is 6.54 Å². The van der Waals surface area contributed by atoms with E-state index < -0.39 is 8.80 Å². The van der Waals surface area contributed by atoms with Crippen LogP contribution in [0.25, 0.3) is 0 Å². The zero-order valence-electron chi connectivity index (χ0n) is 10.2. The minimum Gasteiger partial charge on any atom is -0.527 e. The smallest absolute Gasteiger partial charge is 0.280 e. The fourth-order valence-electron chi connectivity index (χ4n) is 1.40. The van der Waals surface area contributed by atoms with Crippen LogP contribution in [0.3, 0.4) is 0 Å². The zero-order chi connectivity index (χ0) is 11.7. The molecule has 0 atom stereocenters. The highest BCUT2D eigenvalue weighted by Gasteiger charge is 2.21. The Balaban J connectivity index is 3.80. The third kappa shape index (κ3) is 5.60. The molecule has 6 heteroatoms. The van der Waals surface area contributed by atoms with Gasteiger partial charge in [0.15, 0.2) is 0 Å². The largest absolute Gasteiger partial charge is 0.527 e. The predicted octanol–water partition coefficient (Wildman–Crippen LogP) is 0.179. The number of aliphatic hydroxyl groups is 1. The number of likely N-dealkylation sites (N-methyl/N-ethyl adjacent to an activating group) is 1. The number of hydrogen-bond donors (Lipinski definition) is 1. The van der Waals surface area contributed by atoms with E-state index in [0.717, 1.165) is 19.0 Å². The van der Waals surface area contributed by atoms with Crippen molar-refractivity contribution in [3.63, 3.8) is 0 Å². The fourth-order valence-corrected chi connectivity index (χ4v) is 3.11. The van der Waals surface area contributed by atoms with Gasteiger partial charge in [0.2, 0.25) is 0 Å². The van der Waals surface area contributed by atoms with Crippen molar-refractivity contribution in [1.82, 2.24) is 4.90 Å². The summed E-state index contributed by atoms with van der Waals surface area (Å²) in [7, 11) is 4.45. The number of hydrogen-bond acceptors (Lipinski definition) is 5. The lowest BCUT2D eigenvalue weighted by molar-refractivity contribution is 0.121. The van der Waals surface area contributed by atoms with Crippen LogP contribution in [0.5, 0.6) is 0 Å². The summed E-state index contributed by atoms with van der Waals surface area (Å²) in [6, 6.07) is 0.798. The van der Waals surface area contributed by atoms with E-state index in [9.17, 15) is 0 Å². The van der Waals surface area contributed by atoms with Crippen molar-refractivity contribution in [3.8, 4) is 0 Å². The summed E-state index contributed by atoms with van der Waals surface area (Å²) in [5.74, 6) is 0. The first-order chi connectivity index (χ1) is 7.14. The lowest BCUT2D eigenvalue weighted by Crippen LogP contribution is -2.43. The van der Waals surface area contributed by atoms with Crippen molar-refractivity contribution in [3.05, 3.63) is 0 Å². The lowest BCUT2D eigenvalue weighted by Gasteiger charge is -2.39. The molecule has 0 fully saturated rings. The van der Waals surface area contributed by atoms with E-state index in [1.807, 2.05) is 7.05 Å². The topological polar surface area (TPSA) is 51.2 Å². The van der Waals surface area contributed by atoms with E-state index >= 15 is 0 Å². The number of aliphatic hydroxyl groups excluding tert-OH is 1. The van der Waals surface area contributed by atoms with E-state index in [-0.39, 0.29) is 6.61 Å². The summed E-state index contributed by atoms with van der Waals surface area (Å²) in [5.41, 5.74) is 0. The van der Waals surface area contributed by atoms with E-state index in [1.165, 1.54) is 0 Å². The first-order valence-electron chi connectivity index (χ1n) is 5.09. The first-order valence-corrected chi connectivity index (χ1v) is 7.02. The van der Waals surface area contributed by atoms with Crippen LogP contribution in [0.15, 0.2) is 0 Å². The maximum atomic E-state index is 8.73. The van der Waals surface area contributed by atoms with Crippen LogP contribution in [0, 0.1) is 0 Å². The van der Waals surface area contributed by atoms with Crippen molar-refractivity contribution in [2.24, 2.45) is 0 Å². The molecular formula is C9H23NO4Si-. The maximum Gasteiger partial charge on any atom is 0.280 e. The minimum atomic E-state index is -2.40. The normalized spacial score (nSPS) is 12.4. The Morgan fingerprint density at radius 3 is 2.00 bits per heavy atom. The highest BCUT2D eigenvalue weighted by molar-refractivity contribution is 6.60. The van der Waals surface area contributed by atoms with Gasteiger partial charge >= 0.3 is 0 Å². The molecular weight excluding hydrogens is 214 g/mol. The molecule has 0 bridgehead atoms. The Labute approximate surface area is 93.3 Å². The van der Waals surface area contributed by atoms with Gasteiger partial charge in [-0.3, -0.25) is 0 Å². The van der Waals surface area contributed by atoms with Crippen LogP contribution in [-0.4, -0.2) is 66.9 Å². The average Bonchev–Trinajstić information content (AvgIpc) is 2.25. The molecule has 0 aromatic heterocycles. The zero-order valence-corrected chi connectivity index (χ0v) is 11.2. The van der Waals surface area contributed by atoms with Gasteiger partial charge in [-0.25, -0.2) is 0 Å². The molecule has 0 saturated carbocycles. The van der Waals surface area contributed by atoms with E-state index in [4.69, 9.17) is 18.4 Å². The highest BCUT2D eigenvalue weighted by atomic mass is 28.4. The van der Waals surface area contributed by atoms with Crippen molar-refractivity contribution < 1.29 is 18.4 Å². The highest BCUT2D eigenvalue weighted by Crippen LogP contribution is 2.14. The summed E-state index contributed by atoms with van der Waals surface area (Å²) in [5, 5.41) is 8.73. The van der Waals surface area contributed by atoms with Gasteiger partial charge in [0, 0.05) is 6.54 Å². The molecule has 0 spiro atoms. The molecule has 0 aromatic rings. The summed E-state index contributed by atoms with van der Waals surface area (Å²) in [6.07, 6.45) is 0.943. The molecule has 15 heavy (non-hydrogen) atoms. The standard InChI is InChI=1S/C9H23NO4Si/c1-10(7-8-11)6-5-9-15(12-2,13-3)14-4/h11H,5-9H2,1-4H3/q-1. The van der Waals surface area contributed by atoms with Crippen LogP contribution >= 0.6 is 0 Å². The molecule has 0 radical (unpaired) electrons. The summed E-state index contributed by atoms with van der Waals surface area (Å²) < 4.78 is 15.9. The van der Waals surface area contributed by atoms with Gasteiger partial charge < -0.3 is 23.3 Å². The molecule has 0 rings (SSSR count). The summed E-state index contributed by atoms with van der Waals surface area (Å²) >= 11 is 0. The second kappa shape index (κ2) is 8.20. The first kappa shape index (κ1) is 15.0. The Bertz CT molecular complexity index is 147. The second-order valence-electron chi connectivity index (χ2n) is 3.43. The lowest BCUT2D eigenvalue weighted by atomic mass is 10.4. The Kier molecular flexibility index (Phi) is 8.21. The number of nitrogens with zero attached hydrogens (tertiary/aromatic N) is 1. The monoisotopic (exact) mass is 237 g/mol. The molecule has 1 N–H and O–H groups in total. The molecule has 0 saturated heterocycles. The molecule has 0 aliphatic carbocycles. The van der Waals surface area contributed by atoms with E-state index in [1.54, 1.807) is 21.3 Å². The maximum absolute atomic E-state index is 8.73. The van der Waals surface area contributed by atoms with Crippen molar-refractivity contribution in [1.29, 1.82) is 0 Å². The second-order valence-corrected chi connectivity index (χ2v) is 6.52. The minimum absolute atomic E-state index is 0.192. The van der Waals surface area contributed by atoms with Crippen LogP contribution in [0.1, 0.15) is 6.42 Å². The summed E-state index contributed by atoms with van der Waals surface area (Å²) in [4.78, 5) is 2.07. The van der Waals surface area contributed by atoms with E-state index in [2.05, 4.69) is 4.90 Å². The van der Waals surface area contributed by atoms with Crippen LogP contribution in [0.2, 0.25) is 6.04 Å². The van der Waals surface area contributed by atoms with Gasteiger partial charge in [-0.2, -0.15) is 0 Å². The van der Waals surface area contributed by atoms with Gasteiger partial charge in [0.05, 0.1) is 6.61 Å².